The van der Waals surface area contributed by atoms with Crippen molar-refractivity contribution in [2.45, 2.75) is 17.7 Å². The van der Waals surface area contributed by atoms with Crippen LogP contribution in [-0.4, -0.2) is 36.9 Å². The summed E-state index contributed by atoms with van der Waals surface area (Å²) in [4.78, 5) is 12.5. The fourth-order valence-corrected chi connectivity index (χ4v) is 4.35. The van der Waals surface area contributed by atoms with Crippen LogP contribution < -0.4 is 5.32 Å². The predicted molar refractivity (Wildman–Crippen MR) is 116 cm³/mol. The topological polar surface area (TPSA) is 85.6 Å². The molecule has 0 saturated heterocycles. The number of carbonyl (C=O) groups is 1. The van der Waals surface area contributed by atoms with Gasteiger partial charge in [0.25, 0.3) is 5.91 Å². The molecule has 0 aliphatic rings. The Labute approximate surface area is 180 Å². The van der Waals surface area contributed by atoms with E-state index in [0.29, 0.717) is 10.7 Å². The molecule has 0 saturated carbocycles. The first-order valence-corrected chi connectivity index (χ1v) is 11.0. The van der Waals surface area contributed by atoms with Gasteiger partial charge in [0, 0.05) is 16.9 Å². The Morgan fingerprint density at radius 2 is 1.90 bits per heavy atom. The van der Waals surface area contributed by atoms with Gasteiger partial charge < -0.3 is 0 Å². The third-order valence-corrected chi connectivity index (χ3v) is 6.30. The molecule has 2 heterocycles. The predicted octanol–water partition coefficient (Wildman–Crippen LogP) is 4.68. The number of nitrogens with one attached hydrogen (secondary N) is 1. The van der Waals surface area contributed by atoms with E-state index in [1.807, 2.05) is 0 Å². The molecule has 0 radical (unpaired) electrons. The van der Waals surface area contributed by atoms with Crippen LogP contribution in [-0.2, 0) is 0 Å². The van der Waals surface area contributed by atoms with E-state index in [0.717, 1.165) is 33.5 Å². The average molecular weight is 441 g/mol. The highest BCUT2D eigenvalue weighted by Gasteiger charge is 2.13. The Hall–Kier alpha value is -3.11. The van der Waals surface area contributed by atoms with Crippen LogP contribution in [0.4, 0.5) is 9.52 Å². The monoisotopic (exact) mass is 440 g/mol. The van der Waals surface area contributed by atoms with Crippen LogP contribution in [0.25, 0.3) is 16.9 Å². The maximum Gasteiger partial charge on any atom is 0.257 e. The molecule has 2 aromatic heterocycles. The van der Waals surface area contributed by atoms with Crippen molar-refractivity contribution in [3.8, 4) is 16.9 Å². The Bertz CT molecular complexity index is 1140. The molecule has 1 amide bonds. The van der Waals surface area contributed by atoms with Gasteiger partial charge in [0.15, 0.2) is 4.34 Å². The van der Waals surface area contributed by atoms with Crippen LogP contribution in [0.3, 0.4) is 0 Å². The van der Waals surface area contributed by atoms with Gasteiger partial charge in [-0.25, -0.2) is 9.07 Å². The molecular formula is C20H17FN6OS2. The molecule has 4 rings (SSSR count). The number of amides is 1. The van der Waals surface area contributed by atoms with Crippen LogP contribution in [0, 0.1) is 5.82 Å². The molecule has 4 aromatic rings. The minimum Gasteiger partial charge on any atom is -0.296 e. The van der Waals surface area contributed by atoms with Crippen molar-refractivity contribution in [2.24, 2.45) is 0 Å². The summed E-state index contributed by atoms with van der Waals surface area (Å²) in [6.07, 6.45) is 2.66. The molecule has 2 aromatic carbocycles. The fraction of sp³-hybridized carbons (Fsp3) is 0.150. The molecule has 7 nitrogen and oxygen atoms in total. The molecule has 0 unspecified atom stereocenters. The summed E-state index contributed by atoms with van der Waals surface area (Å²) in [6, 6.07) is 13.1. The zero-order valence-electron chi connectivity index (χ0n) is 15.9. The van der Waals surface area contributed by atoms with Gasteiger partial charge in [0.1, 0.15) is 5.82 Å². The summed E-state index contributed by atoms with van der Waals surface area (Å²) in [7, 11) is 0. The molecule has 0 spiro atoms. The Balaban J connectivity index is 1.48. The summed E-state index contributed by atoms with van der Waals surface area (Å²) in [5, 5.41) is 19.4. The molecular weight excluding hydrogens is 423 g/mol. The second kappa shape index (κ2) is 9.14. The first-order valence-electron chi connectivity index (χ1n) is 9.19. The second-order valence-corrected chi connectivity index (χ2v) is 8.58. The van der Waals surface area contributed by atoms with E-state index in [2.05, 4.69) is 32.7 Å². The molecule has 0 atom stereocenters. The molecule has 0 fully saturated rings. The summed E-state index contributed by atoms with van der Waals surface area (Å²) in [6.45, 7) is 2.10. The number of anilines is 1. The maximum absolute atomic E-state index is 13.2. The zero-order chi connectivity index (χ0) is 20.9. The Morgan fingerprint density at radius 3 is 2.63 bits per heavy atom. The number of benzene rings is 2. The molecule has 0 aliphatic heterocycles. The van der Waals surface area contributed by atoms with Gasteiger partial charge in [-0.3, -0.25) is 10.1 Å². The van der Waals surface area contributed by atoms with Crippen molar-refractivity contribution in [3.63, 3.8) is 0 Å². The van der Waals surface area contributed by atoms with Crippen molar-refractivity contribution in [1.82, 2.24) is 25.2 Å². The third kappa shape index (κ3) is 4.55. The quantitative estimate of drug-likeness (QED) is 0.332. The average Bonchev–Trinajstić information content (AvgIpc) is 3.42. The van der Waals surface area contributed by atoms with Gasteiger partial charge in [-0.1, -0.05) is 35.2 Å². The number of rotatable bonds is 7. The molecule has 30 heavy (non-hydrogen) atoms. The van der Waals surface area contributed by atoms with Crippen molar-refractivity contribution in [1.29, 1.82) is 0 Å². The van der Waals surface area contributed by atoms with Gasteiger partial charge in [-0.2, -0.15) is 0 Å². The highest BCUT2D eigenvalue weighted by Crippen LogP contribution is 2.26. The van der Waals surface area contributed by atoms with Gasteiger partial charge in [0.05, 0.1) is 17.6 Å². The maximum atomic E-state index is 13.2. The van der Waals surface area contributed by atoms with Gasteiger partial charge in [-0.15, -0.1) is 15.3 Å². The van der Waals surface area contributed by atoms with Crippen molar-refractivity contribution < 1.29 is 9.18 Å². The highest BCUT2D eigenvalue weighted by molar-refractivity contribution is 8.01. The summed E-state index contributed by atoms with van der Waals surface area (Å²) in [5.41, 5.74) is 2.73. The molecule has 152 valence electrons. The van der Waals surface area contributed by atoms with E-state index >= 15 is 0 Å². The minimum atomic E-state index is -0.306. The Morgan fingerprint density at radius 1 is 1.13 bits per heavy atom. The highest BCUT2D eigenvalue weighted by atomic mass is 32.2. The van der Waals surface area contributed by atoms with E-state index in [1.54, 1.807) is 59.0 Å². The van der Waals surface area contributed by atoms with Crippen LogP contribution in [0.15, 0.2) is 59.1 Å². The lowest BCUT2D eigenvalue weighted by molar-refractivity contribution is 0.102. The van der Waals surface area contributed by atoms with Crippen molar-refractivity contribution in [2.75, 3.05) is 11.1 Å². The lowest BCUT2D eigenvalue weighted by Crippen LogP contribution is -2.12. The molecule has 1 N–H and O–H groups in total. The van der Waals surface area contributed by atoms with Crippen molar-refractivity contribution in [3.05, 3.63) is 66.1 Å². The van der Waals surface area contributed by atoms with Crippen molar-refractivity contribution >= 4 is 34.1 Å². The van der Waals surface area contributed by atoms with Gasteiger partial charge in [-0.05, 0) is 55.0 Å². The molecule has 10 heteroatoms. The van der Waals surface area contributed by atoms with E-state index < -0.39 is 0 Å². The molecule has 0 aliphatic carbocycles. The van der Waals surface area contributed by atoms with Crippen LogP contribution in [0.5, 0.6) is 0 Å². The number of hydrogen-bond acceptors (Lipinski definition) is 7. The number of halogens is 1. The lowest BCUT2D eigenvalue weighted by Gasteiger charge is -2.07. The summed E-state index contributed by atoms with van der Waals surface area (Å²) >= 11 is 2.98. The number of thioether (sulfide) groups is 1. The SMILES string of the molecule is CCCSc1nnc(NC(=O)c2ccc(-n3nncc3-c3ccc(F)cc3)cc2)s1. The lowest BCUT2D eigenvalue weighted by atomic mass is 10.1. The third-order valence-electron chi connectivity index (χ3n) is 4.12. The standard InChI is InChI=1S/C20H17FN6OS2/c1-2-11-29-20-25-24-19(30-20)23-18(28)14-5-9-16(10-6-14)27-17(12-22-26-27)13-3-7-15(21)8-4-13/h3-10,12H,2,11H2,1H3,(H,23,24,28). The first-order chi connectivity index (χ1) is 14.6. The first kappa shape index (κ1) is 20.2. The van der Waals surface area contributed by atoms with Crippen LogP contribution in [0.2, 0.25) is 0 Å². The largest absolute Gasteiger partial charge is 0.296 e. The van der Waals surface area contributed by atoms with Crippen LogP contribution >= 0.6 is 23.1 Å². The normalized spacial score (nSPS) is 10.9. The summed E-state index contributed by atoms with van der Waals surface area (Å²) < 4.78 is 15.7. The Kier molecular flexibility index (Phi) is 6.15. The van der Waals surface area contributed by atoms with E-state index in [1.165, 1.54) is 23.5 Å². The van der Waals surface area contributed by atoms with Gasteiger partial charge in [0.2, 0.25) is 5.13 Å². The number of nitrogens with zero attached hydrogens (tertiary/aromatic N) is 5. The van der Waals surface area contributed by atoms with E-state index in [-0.39, 0.29) is 11.7 Å². The number of carbonyl (C=O) groups excluding carboxylic acids is 1. The van der Waals surface area contributed by atoms with Crippen LogP contribution in [0.1, 0.15) is 23.7 Å². The fourth-order valence-electron chi connectivity index (χ4n) is 2.67. The van der Waals surface area contributed by atoms with E-state index in [9.17, 15) is 9.18 Å². The van der Waals surface area contributed by atoms with E-state index in [4.69, 9.17) is 0 Å². The summed E-state index contributed by atoms with van der Waals surface area (Å²) in [5.74, 6) is 0.397. The number of aromatic nitrogens is 5. The minimum absolute atomic E-state index is 0.262. The molecule has 0 bridgehead atoms. The number of hydrogen-bond donors (Lipinski definition) is 1. The second-order valence-electron chi connectivity index (χ2n) is 6.26. The smallest absolute Gasteiger partial charge is 0.257 e. The zero-order valence-corrected chi connectivity index (χ0v) is 17.6. The van der Waals surface area contributed by atoms with Gasteiger partial charge >= 0.3 is 0 Å².